The smallest absolute Gasteiger partial charge is 0.0849 e. The number of hydrogen-bond acceptors (Lipinski definition) is 2. The van der Waals surface area contributed by atoms with Gasteiger partial charge in [-0.05, 0) is 30.5 Å². The van der Waals surface area contributed by atoms with Crippen molar-refractivity contribution in [1.29, 1.82) is 0 Å². The first-order chi connectivity index (χ1) is 6.61. The van der Waals surface area contributed by atoms with E-state index in [1.807, 2.05) is 18.2 Å². The topological polar surface area (TPSA) is 40.5 Å². The van der Waals surface area contributed by atoms with Crippen molar-refractivity contribution in [3.05, 3.63) is 34.3 Å². The molecule has 0 bridgehead atoms. The van der Waals surface area contributed by atoms with Gasteiger partial charge in [-0.3, -0.25) is 0 Å². The van der Waals surface area contributed by atoms with Gasteiger partial charge >= 0.3 is 0 Å². The molecule has 0 amide bonds. The van der Waals surface area contributed by atoms with Crippen molar-refractivity contribution in [3.63, 3.8) is 0 Å². The summed E-state index contributed by atoms with van der Waals surface area (Å²) in [5, 5.41) is 20.1. The quantitative estimate of drug-likeness (QED) is 0.747. The molecule has 14 heavy (non-hydrogen) atoms. The minimum atomic E-state index is -0.580. The van der Waals surface area contributed by atoms with Crippen molar-refractivity contribution in [3.8, 4) is 0 Å². The van der Waals surface area contributed by atoms with Gasteiger partial charge in [0, 0.05) is 10.9 Å². The molecule has 1 aliphatic rings. The Morgan fingerprint density at radius 2 is 2.21 bits per heavy atom. The molecular formula is C11H13ClO2. The molecule has 3 heteroatoms. The Labute approximate surface area is 88.1 Å². The molecule has 1 aromatic carbocycles. The highest BCUT2D eigenvalue weighted by Gasteiger charge is 2.34. The SMILES string of the molecule is CC(O)C1Cc2c(Cl)cccc2C1O. The molecule has 1 aliphatic carbocycles. The van der Waals surface area contributed by atoms with Crippen LogP contribution in [0.1, 0.15) is 24.2 Å². The molecule has 0 radical (unpaired) electrons. The molecule has 0 fully saturated rings. The van der Waals surface area contributed by atoms with Crippen LogP contribution in [0.5, 0.6) is 0 Å². The van der Waals surface area contributed by atoms with Crippen molar-refractivity contribution < 1.29 is 10.2 Å². The number of halogens is 1. The minimum absolute atomic E-state index is 0.120. The molecule has 0 aromatic heterocycles. The highest BCUT2D eigenvalue weighted by atomic mass is 35.5. The average molecular weight is 213 g/mol. The zero-order valence-corrected chi connectivity index (χ0v) is 8.70. The van der Waals surface area contributed by atoms with Gasteiger partial charge in [-0.25, -0.2) is 0 Å². The zero-order chi connectivity index (χ0) is 10.3. The van der Waals surface area contributed by atoms with Crippen molar-refractivity contribution in [1.82, 2.24) is 0 Å². The van der Waals surface area contributed by atoms with E-state index in [4.69, 9.17) is 11.6 Å². The summed E-state index contributed by atoms with van der Waals surface area (Å²) in [5.41, 5.74) is 1.84. The van der Waals surface area contributed by atoms with Gasteiger partial charge in [-0.1, -0.05) is 23.7 Å². The van der Waals surface area contributed by atoms with E-state index in [0.717, 1.165) is 11.1 Å². The van der Waals surface area contributed by atoms with E-state index in [0.29, 0.717) is 11.4 Å². The Morgan fingerprint density at radius 1 is 1.50 bits per heavy atom. The predicted octanol–water partition coefficient (Wildman–Crippen LogP) is 1.93. The molecule has 3 atom stereocenters. The molecule has 1 aromatic rings. The van der Waals surface area contributed by atoms with Crippen molar-refractivity contribution >= 4 is 11.6 Å². The molecule has 2 nitrogen and oxygen atoms in total. The van der Waals surface area contributed by atoms with E-state index in [9.17, 15) is 10.2 Å². The number of aliphatic hydroxyl groups is 2. The summed E-state index contributed by atoms with van der Waals surface area (Å²) in [4.78, 5) is 0. The predicted molar refractivity (Wildman–Crippen MR) is 55.3 cm³/mol. The molecule has 0 saturated carbocycles. The molecular weight excluding hydrogens is 200 g/mol. The van der Waals surface area contributed by atoms with Crippen LogP contribution in [-0.2, 0) is 6.42 Å². The highest BCUT2D eigenvalue weighted by molar-refractivity contribution is 6.31. The van der Waals surface area contributed by atoms with Crippen molar-refractivity contribution in [2.75, 3.05) is 0 Å². The normalized spacial score (nSPS) is 27.4. The number of benzene rings is 1. The Kier molecular flexibility index (Phi) is 2.52. The lowest BCUT2D eigenvalue weighted by Crippen LogP contribution is -2.20. The Hall–Kier alpha value is -0.570. The molecule has 2 rings (SSSR count). The van der Waals surface area contributed by atoms with Crippen LogP contribution in [-0.4, -0.2) is 16.3 Å². The Balaban J connectivity index is 2.40. The Morgan fingerprint density at radius 3 is 2.79 bits per heavy atom. The standard InChI is InChI=1S/C11H13ClO2/c1-6(13)8-5-9-7(11(8)14)3-2-4-10(9)12/h2-4,6,8,11,13-14H,5H2,1H3. The molecule has 76 valence electrons. The van der Waals surface area contributed by atoms with Crippen LogP contribution in [0.4, 0.5) is 0 Å². The first-order valence-electron chi connectivity index (χ1n) is 4.74. The number of fused-ring (bicyclic) bond motifs is 1. The second kappa shape index (κ2) is 3.54. The monoisotopic (exact) mass is 212 g/mol. The van der Waals surface area contributed by atoms with E-state index in [2.05, 4.69) is 0 Å². The Bertz CT molecular complexity index is 349. The van der Waals surface area contributed by atoms with Crippen LogP contribution < -0.4 is 0 Å². The maximum Gasteiger partial charge on any atom is 0.0849 e. The fraction of sp³-hybridized carbons (Fsp3) is 0.455. The second-order valence-electron chi connectivity index (χ2n) is 3.86. The van der Waals surface area contributed by atoms with E-state index < -0.39 is 12.2 Å². The van der Waals surface area contributed by atoms with Gasteiger partial charge in [-0.2, -0.15) is 0 Å². The lowest BCUT2D eigenvalue weighted by molar-refractivity contribution is 0.0325. The summed E-state index contributed by atoms with van der Waals surface area (Å²) in [5.74, 6) is -0.120. The third kappa shape index (κ3) is 1.44. The van der Waals surface area contributed by atoms with E-state index in [1.54, 1.807) is 6.92 Å². The first kappa shape index (κ1) is 9.97. The summed E-state index contributed by atoms with van der Waals surface area (Å²) in [6.45, 7) is 1.70. The fourth-order valence-corrected chi connectivity index (χ4v) is 2.34. The van der Waals surface area contributed by atoms with Crippen molar-refractivity contribution in [2.24, 2.45) is 5.92 Å². The van der Waals surface area contributed by atoms with Gasteiger partial charge in [0.1, 0.15) is 0 Å². The summed E-state index contributed by atoms with van der Waals surface area (Å²) in [6, 6.07) is 5.51. The van der Waals surface area contributed by atoms with Gasteiger partial charge in [0.2, 0.25) is 0 Å². The summed E-state index contributed by atoms with van der Waals surface area (Å²) >= 11 is 6.01. The number of hydrogen-bond donors (Lipinski definition) is 2. The average Bonchev–Trinajstić information content (AvgIpc) is 2.46. The summed E-state index contributed by atoms with van der Waals surface area (Å²) in [6.07, 6.45) is -0.425. The van der Waals surface area contributed by atoms with Crippen LogP contribution in [0.2, 0.25) is 5.02 Å². The molecule has 3 unspecified atom stereocenters. The first-order valence-corrected chi connectivity index (χ1v) is 5.12. The third-order valence-electron chi connectivity index (χ3n) is 2.94. The van der Waals surface area contributed by atoms with Crippen LogP contribution in [0, 0.1) is 5.92 Å². The molecule has 2 N–H and O–H groups in total. The van der Waals surface area contributed by atoms with Gasteiger partial charge in [-0.15, -0.1) is 0 Å². The van der Waals surface area contributed by atoms with Gasteiger partial charge in [0.25, 0.3) is 0 Å². The van der Waals surface area contributed by atoms with Crippen LogP contribution in [0.15, 0.2) is 18.2 Å². The van der Waals surface area contributed by atoms with E-state index in [-0.39, 0.29) is 5.92 Å². The highest BCUT2D eigenvalue weighted by Crippen LogP contribution is 2.40. The van der Waals surface area contributed by atoms with Crippen LogP contribution in [0.25, 0.3) is 0 Å². The molecule has 0 saturated heterocycles. The maximum atomic E-state index is 9.92. The van der Waals surface area contributed by atoms with Gasteiger partial charge in [0.15, 0.2) is 0 Å². The largest absolute Gasteiger partial charge is 0.393 e. The van der Waals surface area contributed by atoms with Gasteiger partial charge in [0.05, 0.1) is 12.2 Å². The number of aliphatic hydroxyl groups excluding tert-OH is 2. The van der Waals surface area contributed by atoms with E-state index >= 15 is 0 Å². The van der Waals surface area contributed by atoms with Crippen molar-refractivity contribution in [2.45, 2.75) is 25.6 Å². The summed E-state index contributed by atoms with van der Waals surface area (Å²) in [7, 11) is 0. The van der Waals surface area contributed by atoms with Crippen LogP contribution in [0.3, 0.4) is 0 Å². The fourth-order valence-electron chi connectivity index (χ4n) is 2.08. The third-order valence-corrected chi connectivity index (χ3v) is 3.29. The summed E-state index contributed by atoms with van der Waals surface area (Å²) < 4.78 is 0. The molecule has 0 spiro atoms. The minimum Gasteiger partial charge on any atom is -0.393 e. The zero-order valence-electron chi connectivity index (χ0n) is 7.94. The number of rotatable bonds is 1. The second-order valence-corrected chi connectivity index (χ2v) is 4.27. The maximum absolute atomic E-state index is 9.92. The molecule has 0 heterocycles. The van der Waals surface area contributed by atoms with Crippen LogP contribution >= 0.6 is 11.6 Å². The molecule has 0 aliphatic heterocycles. The lowest BCUT2D eigenvalue weighted by atomic mass is 9.98. The van der Waals surface area contributed by atoms with E-state index in [1.165, 1.54) is 0 Å². The van der Waals surface area contributed by atoms with Gasteiger partial charge < -0.3 is 10.2 Å². The lowest BCUT2D eigenvalue weighted by Gasteiger charge is -2.17.